The highest BCUT2D eigenvalue weighted by Crippen LogP contribution is 2.33. The van der Waals surface area contributed by atoms with Gasteiger partial charge in [0.25, 0.3) is 17.7 Å². The van der Waals surface area contributed by atoms with Crippen molar-refractivity contribution in [2.45, 2.75) is 59.1 Å². The summed E-state index contributed by atoms with van der Waals surface area (Å²) in [4.78, 5) is 103. The van der Waals surface area contributed by atoms with Gasteiger partial charge in [-0.1, -0.05) is 91.0 Å². The molecule has 3 fully saturated rings. The smallest absolute Gasteiger partial charge is 0.336 e. The van der Waals surface area contributed by atoms with Gasteiger partial charge in [-0.25, -0.2) is 14.4 Å². The number of urea groups is 3. The van der Waals surface area contributed by atoms with Gasteiger partial charge in [-0.15, -0.1) is 0 Å². The van der Waals surface area contributed by atoms with Gasteiger partial charge < -0.3 is 14.2 Å². The first-order chi connectivity index (χ1) is 27.7. The van der Waals surface area contributed by atoms with E-state index in [0.717, 1.165) is 0 Å². The number of hydrogen-bond donors (Lipinski definition) is 0. The van der Waals surface area contributed by atoms with Crippen molar-refractivity contribution < 1.29 is 43.0 Å². The first-order valence-corrected chi connectivity index (χ1v) is 18.3. The average Bonchev–Trinajstić information content (AvgIpc) is 3.69. The number of ether oxygens (including phenoxy) is 3. The predicted molar refractivity (Wildman–Crippen MR) is 201 cm³/mol. The second-order valence-corrected chi connectivity index (χ2v) is 12.9. The van der Waals surface area contributed by atoms with Crippen LogP contribution in [0.1, 0.15) is 37.5 Å². The van der Waals surface area contributed by atoms with Crippen LogP contribution in [0.15, 0.2) is 91.0 Å². The van der Waals surface area contributed by atoms with E-state index in [4.69, 9.17) is 14.2 Å². The molecule has 1 aromatic heterocycles. The largest absolute Gasteiger partial charge is 0.350 e. The number of carbonyl (C=O) groups is 6. The molecule has 4 aromatic rings. The van der Waals surface area contributed by atoms with E-state index in [2.05, 4.69) is 15.0 Å². The monoisotopic (exact) mass is 777 g/mol. The van der Waals surface area contributed by atoms with Crippen LogP contribution in [0.5, 0.6) is 0 Å². The molecule has 0 saturated carbocycles. The SMILES string of the molecule is CCOC1C(=O)N(c2nc(N3C(=O)C(OCC)N(Cc4ccccc4)C3=O)nc(N3C(=O)C(OCC)N(Cc4ccccc4)C3=O)n2)C(=O)N1Cc1ccccc1. The van der Waals surface area contributed by atoms with Crippen LogP contribution in [0.4, 0.5) is 32.2 Å². The van der Waals surface area contributed by atoms with E-state index in [1.807, 2.05) is 0 Å². The van der Waals surface area contributed by atoms with E-state index in [0.29, 0.717) is 31.4 Å². The fraction of sp³-hybridized carbons (Fsp3) is 0.308. The van der Waals surface area contributed by atoms with Crippen LogP contribution >= 0.6 is 0 Å². The molecular formula is C39H39N9O9. The molecule has 0 radical (unpaired) electrons. The number of carbonyl (C=O) groups excluding carboxylic acids is 6. The summed E-state index contributed by atoms with van der Waals surface area (Å²) < 4.78 is 17.2. The summed E-state index contributed by atoms with van der Waals surface area (Å²) in [5.41, 5.74) is 2.05. The molecule has 3 unspecified atom stereocenters. The van der Waals surface area contributed by atoms with Crippen LogP contribution in [0.25, 0.3) is 0 Å². The highest BCUT2D eigenvalue weighted by Gasteiger charge is 2.53. The van der Waals surface area contributed by atoms with Crippen molar-refractivity contribution in [3.63, 3.8) is 0 Å². The number of amides is 9. The summed E-state index contributed by atoms with van der Waals surface area (Å²) in [6.07, 6.45) is -4.24. The average molecular weight is 778 g/mol. The Morgan fingerprint density at radius 3 is 0.895 bits per heavy atom. The van der Waals surface area contributed by atoms with Gasteiger partial charge >= 0.3 is 18.1 Å². The molecule has 0 aliphatic carbocycles. The van der Waals surface area contributed by atoms with E-state index in [1.54, 1.807) is 112 Å². The van der Waals surface area contributed by atoms with E-state index in [-0.39, 0.29) is 39.5 Å². The van der Waals surface area contributed by atoms with Crippen molar-refractivity contribution in [2.75, 3.05) is 34.5 Å². The summed E-state index contributed by atoms with van der Waals surface area (Å²) in [5.74, 6) is -4.69. The van der Waals surface area contributed by atoms with Gasteiger partial charge in [0.05, 0.1) is 19.6 Å². The maximum atomic E-state index is 14.2. The van der Waals surface area contributed by atoms with Crippen LogP contribution < -0.4 is 14.7 Å². The molecule has 7 rings (SSSR count). The molecule has 0 N–H and O–H groups in total. The third-order valence-corrected chi connectivity index (χ3v) is 9.22. The minimum Gasteiger partial charge on any atom is -0.350 e. The molecule has 9 amide bonds. The molecule has 3 aromatic carbocycles. The van der Waals surface area contributed by atoms with Crippen molar-refractivity contribution >= 4 is 53.7 Å². The molecule has 3 atom stereocenters. The molecule has 18 nitrogen and oxygen atoms in total. The molecule has 3 saturated heterocycles. The molecule has 0 spiro atoms. The maximum absolute atomic E-state index is 14.2. The molecule has 18 heteroatoms. The lowest BCUT2D eigenvalue weighted by molar-refractivity contribution is -0.134. The zero-order chi connectivity index (χ0) is 40.2. The fourth-order valence-corrected chi connectivity index (χ4v) is 6.65. The zero-order valence-corrected chi connectivity index (χ0v) is 31.3. The van der Waals surface area contributed by atoms with Gasteiger partial charge in [-0.2, -0.15) is 29.7 Å². The Balaban J connectivity index is 1.34. The number of nitrogens with zero attached hydrogens (tertiary/aromatic N) is 9. The molecular weight excluding hydrogens is 738 g/mol. The number of aromatic nitrogens is 3. The van der Waals surface area contributed by atoms with Crippen molar-refractivity contribution in [1.29, 1.82) is 0 Å². The summed E-state index contributed by atoms with van der Waals surface area (Å²) in [7, 11) is 0. The highest BCUT2D eigenvalue weighted by atomic mass is 16.5. The third kappa shape index (κ3) is 7.40. The van der Waals surface area contributed by atoms with Crippen LogP contribution in [0, 0.1) is 0 Å². The Morgan fingerprint density at radius 1 is 0.421 bits per heavy atom. The summed E-state index contributed by atoms with van der Waals surface area (Å²) >= 11 is 0. The predicted octanol–water partition coefficient (Wildman–Crippen LogP) is 3.87. The molecule has 294 valence electrons. The van der Waals surface area contributed by atoms with Gasteiger partial charge in [0.2, 0.25) is 36.5 Å². The van der Waals surface area contributed by atoms with Crippen LogP contribution in [-0.4, -0.2) is 104 Å². The van der Waals surface area contributed by atoms with Crippen molar-refractivity contribution in [2.24, 2.45) is 0 Å². The van der Waals surface area contributed by atoms with E-state index >= 15 is 0 Å². The molecule has 57 heavy (non-hydrogen) atoms. The van der Waals surface area contributed by atoms with Crippen LogP contribution in [-0.2, 0) is 48.2 Å². The van der Waals surface area contributed by atoms with Gasteiger partial charge in [0.1, 0.15) is 0 Å². The van der Waals surface area contributed by atoms with Gasteiger partial charge in [0, 0.05) is 19.8 Å². The standard InChI is InChI=1S/C39H39N9O9/c1-4-55-31-28(49)46(37(52)43(31)22-25-16-10-7-11-17-25)34-40-35(47-29(50)32(56-5-2)44(38(47)53)23-26-18-12-8-13-19-26)42-36(41-34)48-30(51)33(57-6-3)45(39(48)54)24-27-20-14-9-15-21-27/h7-21,31-33H,4-6,22-24H2,1-3H3. The van der Waals surface area contributed by atoms with Crippen molar-refractivity contribution in [3.8, 4) is 0 Å². The van der Waals surface area contributed by atoms with E-state index < -0.39 is 72.3 Å². The Morgan fingerprint density at radius 2 is 0.667 bits per heavy atom. The lowest BCUT2D eigenvalue weighted by Gasteiger charge is -2.22. The lowest BCUT2D eigenvalue weighted by atomic mass is 10.2. The third-order valence-electron chi connectivity index (χ3n) is 9.22. The normalized spacial score (nSPS) is 19.9. The fourth-order valence-electron chi connectivity index (χ4n) is 6.65. The van der Waals surface area contributed by atoms with Gasteiger partial charge in [0.15, 0.2) is 0 Å². The van der Waals surface area contributed by atoms with E-state index in [1.165, 1.54) is 14.7 Å². The number of anilines is 3. The van der Waals surface area contributed by atoms with Crippen molar-refractivity contribution in [3.05, 3.63) is 108 Å². The Labute approximate surface area is 327 Å². The minimum absolute atomic E-state index is 0.0431. The van der Waals surface area contributed by atoms with Crippen LogP contribution in [0.2, 0.25) is 0 Å². The first-order valence-electron chi connectivity index (χ1n) is 18.3. The quantitative estimate of drug-likeness (QED) is 0.159. The molecule has 0 bridgehead atoms. The molecule has 3 aliphatic rings. The summed E-state index contributed by atoms with van der Waals surface area (Å²) in [6.45, 7) is 4.99. The minimum atomic E-state index is -1.41. The first kappa shape index (κ1) is 38.6. The number of rotatable bonds is 15. The second-order valence-electron chi connectivity index (χ2n) is 12.9. The number of imide groups is 3. The van der Waals surface area contributed by atoms with Gasteiger partial charge in [-0.05, 0) is 37.5 Å². The molecule has 4 heterocycles. The second kappa shape index (κ2) is 16.6. The van der Waals surface area contributed by atoms with Gasteiger partial charge in [-0.3, -0.25) is 29.1 Å². The van der Waals surface area contributed by atoms with E-state index in [9.17, 15) is 28.8 Å². The topological polar surface area (TPSA) is 188 Å². The zero-order valence-electron chi connectivity index (χ0n) is 31.3. The number of benzene rings is 3. The highest BCUT2D eigenvalue weighted by molar-refractivity contribution is 6.23. The maximum Gasteiger partial charge on any atom is 0.336 e. The lowest BCUT2D eigenvalue weighted by Crippen LogP contribution is -2.39. The Kier molecular flexibility index (Phi) is 11.3. The summed E-state index contributed by atoms with van der Waals surface area (Å²) in [5, 5.41) is 0. The number of hydrogen-bond acceptors (Lipinski definition) is 12. The van der Waals surface area contributed by atoms with Crippen LogP contribution in [0.3, 0.4) is 0 Å². The Bertz CT molecular complexity index is 1910. The Hall–Kier alpha value is -6.63. The summed E-state index contributed by atoms with van der Waals surface area (Å²) in [6, 6.07) is 24.0. The molecule has 3 aliphatic heterocycles. The van der Waals surface area contributed by atoms with Crippen molar-refractivity contribution in [1.82, 2.24) is 29.7 Å².